The zero-order valence-electron chi connectivity index (χ0n) is 11.3. The third-order valence-corrected chi connectivity index (χ3v) is 6.61. The standard InChI is InChI=1S/C16H27N/c1-16(2-3-17-10-16)9-15-13-5-11-4-12(7-13)8-14(15)6-11/h11-15,17H,2-10H2,1H3. The predicted molar refractivity (Wildman–Crippen MR) is 70.7 cm³/mol. The molecule has 1 atom stereocenters. The third-order valence-electron chi connectivity index (χ3n) is 6.61. The van der Waals surface area contributed by atoms with Gasteiger partial charge in [-0.2, -0.15) is 0 Å². The molecule has 0 amide bonds. The van der Waals surface area contributed by atoms with E-state index in [4.69, 9.17) is 0 Å². The van der Waals surface area contributed by atoms with E-state index in [2.05, 4.69) is 12.2 Å². The van der Waals surface area contributed by atoms with E-state index in [1.807, 2.05) is 0 Å². The Morgan fingerprint density at radius 2 is 1.65 bits per heavy atom. The van der Waals surface area contributed by atoms with E-state index in [9.17, 15) is 0 Å². The minimum absolute atomic E-state index is 0.639. The van der Waals surface area contributed by atoms with Crippen molar-refractivity contribution in [1.29, 1.82) is 0 Å². The van der Waals surface area contributed by atoms with Crippen LogP contribution in [0.15, 0.2) is 0 Å². The molecule has 96 valence electrons. The van der Waals surface area contributed by atoms with Gasteiger partial charge in [0.1, 0.15) is 0 Å². The fourth-order valence-corrected chi connectivity index (χ4v) is 5.98. The summed E-state index contributed by atoms with van der Waals surface area (Å²) in [4.78, 5) is 0. The first kappa shape index (κ1) is 10.8. The summed E-state index contributed by atoms with van der Waals surface area (Å²) in [6.07, 6.45) is 11.0. The van der Waals surface area contributed by atoms with Crippen molar-refractivity contribution in [3.63, 3.8) is 0 Å². The number of hydrogen-bond acceptors (Lipinski definition) is 1. The highest BCUT2D eigenvalue weighted by atomic mass is 14.9. The Balaban J connectivity index is 1.51. The average molecular weight is 233 g/mol. The van der Waals surface area contributed by atoms with Gasteiger partial charge in [-0.25, -0.2) is 0 Å². The maximum absolute atomic E-state index is 3.59. The molecular weight excluding hydrogens is 206 g/mol. The smallest absolute Gasteiger partial charge is 0.000575 e. The van der Waals surface area contributed by atoms with Gasteiger partial charge in [-0.1, -0.05) is 6.92 Å². The SMILES string of the molecule is CC1(CC2C3CC4CC(C3)CC2C4)CCNC1. The van der Waals surface area contributed by atoms with Crippen molar-refractivity contribution < 1.29 is 0 Å². The minimum atomic E-state index is 0.639. The van der Waals surface area contributed by atoms with Gasteiger partial charge < -0.3 is 5.32 Å². The van der Waals surface area contributed by atoms with E-state index < -0.39 is 0 Å². The van der Waals surface area contributed by atoms with Crippen molar-refractivity contribution >= 4 is 0 Å². The Bertz CT molecular complexity index is 275. The molecule has 1 unspecified atom stereocenters. The molecule has 0 aromatic carbocycles. The number of hydrogen-bond donors (Lipinski definition) is 1. The molecule has 5 rings (SSSR count). The molecule has 0 spiro atoms. The first-order chi connectivity index (χ1) is 8.22. The normalized spacial score (nSPS) is 56.6. The van der Waals surface area contributed by atoms with Crippen LogP contribution in [0.25, 0.3) is 0 Å². The topological polar surface area (TPSA) is 12.0 Å². The maximum Gasteiger partial charge on any atom is 0.000575 e. The lowest BCUT2D eigenvalue weighted by atomic mass is 9.50. The summed E-state index contributed by atoms with van der Waals surface area (Å²) in [5.74, 6) is 5.64. The minimum Gasteiger partial charge on any atom is -0.316 e. The van der Waals surface area contributed by atoms with Crippen LogP contribution < -0.4 is 5.32 Å². The van der Waals surface area contributed by atoms with Crippen LogP contribution in [-0.4, -0.2) is 13.1 Å². The first-order valence-electron chi connectivity index (χ1n) is 7.93. The molecule has 0 aromatic heterocycles. The Hall–Kier alpha value is -0.0400. The highest BCUT2D eigenvalue weighted by molar-refractivity contribution is 5.00. The zero-order valence-corrected chi connectivity index (χ0v) is 11.3. The van der Waals surface area contributed by atoms with Crippen molar-refractivity contribution in [3.05, 3.63) is 0 Å². The van der Waals surface area contributed by atoms with Crippen LogP contribution in [0.3, 0.4) is 0 Å². The molecule has 1 saturated heterocycles. The van der Waals surface area contributed by atoms with Crippen LogP contribution in [-0.2, 0) is 0 Å². The highest BCUT2D eigenvalue weighted by Crippen LogP contribution is 2.59. The molecule has 0 aromatic rings. The zero-order chi connectivity index (χ0) is 11.5. The van der Waals surface area contributed by atoms with Gasteiger partial charge in [0.2, 0.25) is 0 Å². The van der Waals surface area contributed by atoms with Gasteiger partial charge >= 0.3 is 0 Å². The summed E-state index contributed by atoms with van der Waals surface area (Å²) in [7, 11) is 0. The van der Waals surface area contributed by atoms with Crippen LogP contribution in [0.5, 0.6) is 0 Å². The second-order valence-electron chi connectivity index (χ2n) is 8.04. The monoisotopic (exact) mass is 233 g/mol. The molecule has 1 nitrogen and oxygen atoms in total. The Kier molecular flexibility index (Phi) is 2.38. The lowest BCUT2D eigenvalue weighted by molar-refractivity contribution is -0.0525. The Labute approximate surface area is 106 Å². The van der Waals surface area contributed by atoms with Crippen LogP contribution in [0, 0.1) is 35.0 Å². The quantitative estimate of drug-likeness (QED) is 0.770. The lowest BCUT2D eigenvalue weighted by Gasteiger charge is -2.56. The predicted octanol–water partition coefficient (Wildman–Crippen LogP) is 3.45. The van der Waals surface area contributed by atoms with Crippen LogP contribution in [0.2, 0.25) is 0 Å². The number of nitrogens with one attached hydrogen (secondary N) is 1. The van der Waals surface area contributed by atoms with Gasteiger partial charge in [0.05, 0.1) is 0 Å². The van der Waals surface area contributed by atoms with Gasteiger partial charge in [-0.05, 0) is 86.5 Å². The molecule has 4 bridgehead atoms. The lowest BCUT2D eigenvalue weighted by Crippen LogP contribution is -2.46. The van der Waals surface area contributed by atoms with Crippen molar-refractivity contribution in [3.8, 4) is 0 Å². The van der Waals surface area contributed by atoms with Crippen molar-refractivity contribution in [2.75, 3.05) is 13.1 Å². The fourth-order valence-electron chi connectivity index (χ4n) is 5.98. The molecule has 5 aliphatic rings. The van der Waals surface area contributed by atoms with E-state index in [0.29, 0.717) is 5.41 Å². The summed E-state index contributed by atoms with van der Waals surface area (Å²) >= 11 is 0. The van der Waals surface area contributed by atoms with E-state index >= 15 is 0 Å². The summed E-state index contributed by atoms with van der Waals surface area (Å²) in [6, 6.07) is 0. The third kappa shape index (κ3) is 1.77. The van der Waals surface area contributed by atoms with E-state index in [-0.39, 0.29) is 0 Å². The highest BCUT2D eigenvalue weighted by Gasteiger charge is 2.49. The van der Waals surface area contributed by atoms with Gasteiger partial charge in [0.25, 0.3) is 0 Å². The summed E-state index contributed by atoms with van der Waals surface area (Å²) < 4.78 is 0. The average Bonchev–Trinajstić information content (AvgIpc) is 2.70. The molecule has 17 heavy (non-hydrogen) atoms. The van der Waals surface area contributed by atoms with Crippen LogP contribution in [0.4, 0.5) is 0 Å². The molecule has 1 heterocycles. The maximum atomic E-state index is 3.59. The van der Waals surface area contributed by atoms with E-state index in [1.54, 1.807) is 32.1 Å². The number of rotatable bonds is 2. The largest absolute Gasteiger partial charge is 0.316 e. The van der Waals surface area contributed by atoms with Gasteiger partial charge in [-0.3, -0.25) is 0 Å². The molecular formula is C16H27N. The molecule has 4 aliphatic carbocycles. The summed E-state index contributed by atoms with van der Waals surface area (Å²) in [6.45, 7) is 5.09. The summed E-state index contributed by atoms with van der Waals surface area (Å²) in [5, 5.41) is 3.59. The van der Waals surface area contributed by atoms with Crippen LogP contribution >= 0.6 is 0 Å². The molecule has 1 heteroatoms. The second-order valence-corrected chi connectivity index (χ2v) is 8.04. The van der Waals surface area contributed by atoms with Crippen molar-refractivity contribution in [1.82, 2.24) is 5.32 Å². The van der Waals surface area contributed by atoms with E-state index in [1.165, 1.54) is 25.9 Å². The van der Waals surface area contributed by atoms with E-state index in [0.717, 1.165) is 29.6 Å². The van der Waals surface area contributed by atoms with Crippen LogP contribution in [0.1, 0.15) is 51.9 Å². The Morgan fingerprint density at radius 1 is 1.00 bits per heavy atom. The molecule has 1 aliphatic heterocycles. The van der Waals surface area contributed by atoms with Gasteiger partial charge in [0.15, 0.2) is 0 Å². The summed E-state index contributed by atoms with van der Waals surface area (Å²) in [5.41, 5.74) is 0.639. The molecule has 1 N–H and O–H groups in total. The molecule has 0 radical (unpaired) electrons. The second kappa shape index (κ2) is 3.73. The Morgan fingerprint density at radius 3 is 2.18 bits per heavy atom. The molecule has 5 fully saturated rings. The molecule has 4 saturated carbocycles. The first-order valence-corrected chi connectivity index (χ1v) is 7.93. The fraction of sp³-hybridized carbons (Fsp3) is 1.00. The van der Waals surface area contributed by atoms with Gasteiger partial charge in [0, 0.05) is 6.54 Å². The van der Waals surface area contributed by atoms with Gasteiger partial charge in [-0.15, -0.1) is 0 Å². The van der Waals surface area contributed by atoms with Crippen molar-refractivity contribution in [2.24, 2.45) is 35.0 Å². The van der Waals surface area contributed by atoms with Crippen molar-refractivity contribution in [2.45, 2.75) is 51.9 Å².